The van der Waals surface area contributed by atoms with Crippen LogP contribution in [0, 0.1) is 18.8 Å². The van der Waals surface area contributed by atoms with Gasteiger partial charge in [-0.2, -0.15) is 0 Å². The molecule has 0 heterocycles. The largest absolute Gasteiger partial charge is 1.00 e. The van der Waals surface area contributed by atoms with E-state index < -0.39 is 0 Å². The molecule has 2 heteroatoms. The van der Waals surface area contributed by atoms with Crippen LogP contribution < -0.4 is 12.4 Å². The molecule has 0 amide bonds. The van der Waals surface area contributed by atoms with Crippen molar-refractivity contribution in [2.24, 2.45) is 0 Å². The molecular weight excluding hydrogens is 218 g/mol. The summed E-state index contributed by atoms with van der Waals surface area (Å²) >= 11 is 0. The summed E-state index contributed by atoms with van der Waals surface area (Å²) < 4.78 is 0. The van der Waals surface area contributed by atoms with Crippen LogP contribution in [0.3, 0.4) is 0 Å². The lowest BCUT2D eigenvalue weighted by atomic mass is 10.1. The third kappa shape index (κ3) is 5.21. The first kappa shape index (κ1) is 15.0. The number of hydrogen-bond acceptors (Lipinski definition) is 1. The molecule has 88 valence electrons. The molecule has 0 saturated heterocycles. The van der Waals surface area contributed by atoms with E-state index in [4.69, 9.17) is 0 Å². The fraction of sp³-hybridized carbons (Fsp3) is 0.429. The maximum Gasteiger partial charge on any atom is 0.0605 e. The van der Waals surface area contributed by atoms with E-state index in [0.29, 0.717) is 0 Å². The summed E-state index contributed by atoms with van der Waals surface area (Å²) in [7, 11) is 0. The van der Waals surface area contributed by atoms with Gasteiger partial charge in [0.25, 0.3) is 0 Å². The quantitative estimate of drug-likeness (QED) is 0.651. The first-order valence-electron chi connectivity index (χ1n) is 5.54. The molecule has 0 aliphatic rings. The van der Waals surface area contributed by atoms with Gasteiger partial charge in [0.05, 0.1) is 6.54 Å². The molecule has 0 spiro atoms. The van der Waals surface area contributed by atoms with Crippen LogP contribution in [-0.4, -0.2) is 24.5 Å². The molecule has 0 bridgehead atoms. The van der Waals surface area contributed by atoms with Crippen molar-refractivity contribution in [1.29, 1.82) is 0 Å². The van der Waals surface area contributed by atoms with Crippen molar-refractivity contribution in [3.05, 3.63) is 35.4 Å². The van der Waals surface area contributed by atoms with E-state index in [1.807, 2.05) is 0 Å². The van der Waals surface area contributed by atoms with Gasteiger partial charge >= 0.3 is 0 Å². The molecule has 0 fully saturated rings. The lowest BCUT2D eigenvalue weighted by molar-refractivity contribution is -0.00000327. The Morgan fingerprint density at radius 2 is 1.62 bits per heavy atom. The van der Waals surface area contributed by atoms with Crippen LogP contribution in [0.25, 0.3) is 0 Å². The number of benzene rings is 1. The molecule has 1 rings (SSSR count). The maximum absolute atomic E-state index is 3.20. The van der Waals surface area contributed by atoms with Gasteiger partial charge in [0, 0.05) is 5.56 Å². The Balaban J connectivity index is 0.00000225. The van der Waals surface area contributed by atoms with Crippen molar-refractivity contribution >= 4 is 0 Å². The SMILES string of the molecule is CCN(CC)CC#Cc1ccc(C)cc1.[Cl-]. The monoisotopic (exact) mass is 236 g/mol. The van der Waals surface area contributed by atoms with Gasteiger partial charge in [-0.25, -0.2) is 0 Å². The number of nitrogens with zero attached hydrogens (tertiary/aromatic N) is 1. The second-order valence-corrected chi connectivity index (χ2v) is 3.63. The molecule has 0 unspecified atom stereocenters. The molecule has 0 saturated carbocycles. The Morgan fingerprint density at radius 3 is 2.12 bits per heavy atom. The van der Waals surface area contributed by atoms with Crippen LogP contribution in [0.2, 0.25) is 0 Å². The van der Waals surface area contributed by atoms with Crippen molar-refractivity contribution in [2.75, 3.05) is 19.6 Å². The first-order valence-corrected chi connectivity index (χ1v) is 5.54. The van der Waals surface area contributed by atoms with Gasteiger partial charge < -0.3 is 12.4 Å². The summed E-state index contributed by atoms with van der Waals surface area (Å²) in [6.45, 7) is 9.42. The van der Waals surface area contributed by atoms with Gasteiger partial charge in [0.1, 0.15) is 0 Å². The van der Waals surface area contributed by atoms with Crippen LogP contribution >= 0.6 is 0 Å². The van der Waals surface area contributed by atoms with Crippen LogP contribution in [0.5, 0.6) is 0 Å². The molecule has 1 aromatic rings. The van der Waals surface area contributed by atoms with Crippen LogP contribution in [0.1, 0.15) is 25.0 Å². The van der Waals surface area contributed by atoms with E-state index >= 15 is 0 Å². The first-order chi connectivity index (χ1) is 7.26. The summed E-state index contributed by atoms with van der Waals surface area (Å²) in [5.74, 6) is 6.38. The minimum Gasteiger partial charge on any atom is -1.00 e. The van der Waals surface area contributed by atoms with Crippen molar-refractivity contribution in [2.45, 2.75) is 20.8 Å². The van der Waals surface area contributed by atoms with Gasteiger partial charge in [-0.15, -0.1) is 0 Å². The Bertz CT molecular complexity index is 341. The number of halogens is 1. The molecule has 1 aromatic carbocycles. The number of hydrogen-bond donors (Lipinski definition) is 0. The van der Waals surface area contributed by atoms with E-state index in [0.717, 1.165) is 25.2 Å². The minimum absolute atomic E-state index is 0. The second-order valence-electron chi connectivity index (χ2n) is 3.63. The zero-order valence-corrected chi connectivity index (χ0v) is 11.0. The van der Waals surface area contributed by atoms with Gasteiger partial charge in [0.2, 0.25) is 0 Å². The van der Waals surface area contributed by atoms with Gasteiger partial charge in [-0.1, -0.05) is 43.4 Å². The smallest absolute Gasteiger partial charge is 0.0605 e. The topological polar surface area (TPSA) is 3.24 Å². The van der Waals surface area contributed by atoms with E-state index in [1.165, 1.54) is 5.56 Å². The molecule has 0 atom stereocenters. The molecule has 0 aliphatic heterocycles. The highest BCUT2D eigenvalue weighted by molar-refractivity contribution is 5.35. The van der Waals surface area contributed by atoms with Crippen molar-refractivity contribution in [3.8, 4) is 11.8 Å². The average molecular weight is 237 g/mol. The van der Waals surface area contributed by atoms with E-state index in [2.05, 4.69) is 61.8 Å². The Morgan fingerprint density at radius 1 is 1.06 bits per heavy atom. The molecule has 0 aliphatic carbocycles. The Labute approximate surface area is 105 Å². The van der Waals surface area contributed by atoms with Crippen LogP contribution in [0.4, 0.5) is 0 Å². The van der Waals surface area contributed by atoms with Gasteiger partial charge in [-0.05, 0) is 32.1 Å². The Kier molecular flexibility index (Phi) is 7.72. The normalized spacial score (nSPS) is 9.25. The molecule has 1 nitrogen and oxygen atoms in total. The highest BCUT2D eigenvalue weighted by Crippen LogP contribution is 2.00. The summed E-state index contributed by atoms with van der Waals surface area (Å²) in [5.41, 5.74) is 2.39. The summed E-state index contributed by atoms with van der Waals surface area (Å²) in [5, 5.41) is 0. The highest BCUT2D eigenvalue weighted by Gasteiger charge is 1.93. The maximum atomic E-state index is 3.20. The molecule has 0 N–H and O–H groups in total. The van der Waals surface area contributed by atoms with Crippen LogP contribution in [-0.2, 0) is 0 Å². The van der Waals surface area contributed by atoms with Crippen LogP contribution in [0.15, 0.2) is 24.3 Å². The van der Waals surface area contributed by atoms with E-state index in [-0.39, 0.29) is 12.4 Å². The van der Waals surface area contributed by atoms with Crippen molar-refractivity contribution < 1.29 is 12.4 Å². The summed E-state index contributed by atoms with van der Waals surface area (Å²) in [6, 6.07) is 8.35. The van der Waals surface area contributed by atoms with Gasteiger partial charge in [-0.3, -0.25) is 4.90 Å². The third-order valence-electron chi connectivity index (χ3n) is 2.48. The molecular formula is C14H19ClN-. The molecule has 0 aromatic heterocycles. The predicted molar refractivity (Wildman–Crippen MR) is 65.8 cm³/mol. The van der Waals surface area contributed by atoms with Crippen molar-refractivity contribution in [1.82, 2.24) is 4.90 Å². The second kappa shape index (κ2) is 8.21. The molecule has 16 heavy (non-hydrogen) atoms. The summed E-state index contributed by atoms with van der Waals surface area (Å²) in [6.07, 6.45) is 0. The van der Waals surface area contributed by atoms with E-state index in [1.54, 1.807) is 0 Å². The fourth-order valence-electron chi connectivity index (χ4n) is 1.34. The van der Waals surface area contributed by atoms with Gasteiger partial charge in [0.15, 0.2) is 0 Å². The summed E-state index contributed by atoms with van der Waals surface area (Å²) in [4.78, 5) is 2.31. The highest BCUT2D eigenvalue weighted by atomic mass is 35.5. The third-order valence-corrected chi connectivity index (χ3v) is 2.48. The number of aryl methyl sites for hydroxylation is 1. The fourth-order valence-corrected chi connectivity index (χ4v) is 1.34. The Hall–Kier alpha value is -0.970. The van der Waals surface area contributed by atoms with E-state index in [9.17, 15) is 0 Å². The lowest BCUT2D eigenvalue weighted by Gasteiger charge is -2.13. The standard InChI is InChI=1S/C14H19N.ClH/c1-4-15(5-2)12-6-7-14-10-8-13(3)9-11-14;/h8-11H,4-5,12H2,1-3H3;1H/p-1. The lowest BCUT2D eigenvalue weighted by Crippen LogP contribution is -3.00. The predicted octanol–water partition coefficient (Wildman–Crippen LogP) is -0.308. The average Bonchev–Trinajstić information content (AvgIpc) is 2.27. The zero-order chi connectivity index (χ0) is 11.1. The minimum atomic E-state index is 0. The zero-order valence-electron chi connectivity index (χ0n) is 10.3. The van der Waals surface area contributed by atoms with Crippen molar-refractivity contribution in [3.63, 3.8) is 0 Å². The number of rotatable bonds is 3. The molecule has 0 radical (unpaired) electrons.